The van der Waals surface area contributed by atoms with Gasteiger partial charge in [-0.3, -0.25) is 4.79 Å². The van der Waals surface area contributed by atoms with E-state index in [1.165, 1.54) is 5.56 Å². The van der Waals surface area contributed by atoms with Crippen LogP contribution >= 0.6 is 0 Å². The summed E-state index contributed by atoms with van der Waals surface area (Å²) in [5.74, 6) is 2.14. The number of carbonyl (C=O) groups excluding carboxylic acids is 1. The number of benzene rings is 1. The maximum Gasteiger partial charge on any atom is 0.227 e. The number of carbonyl (C=O) groups is 1. The van der Waals surface area contributed by atoms with E-state index in [0.29, 0.717) is 49.4 Å². The topological polar surface area (TPSA) is 97.3 Å². The summed E-state index contributed by atoms with van der Waals surface area (Å²) in [5, 5.41) is 14.8. The highest BCUT2D eigenvalue weighted by atomic mass is 16.5. The maximum atomic E-state index is 12.8. The minimum atomic E-state index is -0.675. The van der Waals surface area contributed by atoms with Crippen molar-refractivity contribution in [3.05, 3.63) is 53.9 Å². The molecule has 0 spiro atoms. The van der Waals surface area contributed by atoms with Gasteiger partial charge in [-0.15, -0.1) is 0 Å². The van der Waals surface area contributed by atoms with E-state index in [1.807, 2.05) is 34.8 Å². The minimum absolute atomic E-state index is 0.0161. The van der Waals surface area contributed by atoms with Crippen molar-refractivity contribution in [3.63, 3.8) is 0 Å². The van der Waals surface area contributed by atoms with Crippen LogP contribution in [0.5, 0.6) is 0 Å². The second kappa shape index (κ2) is 9.65. The molecule has 8 heteroatoms. The molecule has 0 saturated carbocycles. The Hall–Kier alpha value is -3.00. The highest BCUT2D eigenvalue weighted by Gasteiger charge is 2.31. The fourth-order valence-electron chi connectivity index (χ4n) is 4.23. The molecule has 1 fully saturated rings. The van der Waals surface area contributed by atoms with Gasteiger partial charge < -0.3 is 19.1 Å². The average Bonchev–Trinajstić information content (AvgIpc) is 3.46. The molecule has 3 aromatic rings. The standard InChI is InChI=1S/C24H31N5O3/c1-16(2)17-6-8-18(9-7-17)23-26-20(32-27-23)10-11-21(30)29-13-4-5-19(15-29)22(31)24-25-12-14-28(24)3/h6-9,12,14,16,19,22,31H,4-5,10-11,13,15H2,1-3H3/t19-,22+/m1/s1. The number of hydrogen-bond donors (Lipinski definition) is 1. The second-order valence-electron chi connectivity index (χ2n) is 8.87. The van der Waals surface area contributed by atoms with Crippen LogP contribution in [-0.2, 0) is 18.3 Å². The van der Waals surface area contributed by atoms with E-state index >= 15 is 0 Å². The highest BCUT2D eigenvalue weighted by Crippen LogP contribution is 2.29. The van der Waals surface area contributed by atoms with Gasteiger partial charge in [0, 0.05) is 56.9 Å². The minimum Gasteiger partial charge on any atom is -0.385 e. The van der Waals surface area contributed by atoms with Crippen LogP contribution in [0.1, 0.15) is 62.4 Å². The van der Waals surface area contributed by atoms with E-state index in [4.69, 9.17) is 4.52 Å². The van der Waals surface area contributed by atoms with Crippen LogP contribution in [0.2, 0.25) is 0 Å². The molecular weight excluding hydrogens is 406 g/mol. The highest BCUT2D eigenvalue weighted by molar-refractivity contribution is 5.76. The van der Waals surface area contributed by atoms with Gasteiger partial charge in [0.15, 0.2) is 0 Å². The van der Waals surface area contributed by atoms with Crippen LogP contribution in [0, 0.1) is 5.92 Å². The molecule has 2 aromatic heterocycles. The summed E-state index contributed by atoms with van der Waals surface area (Å²) in [6, 6.07) is 8.14. The van der Waals surface area contributed by atoms with E-state index in [9.17, 15) is 9.90 Å². The van der Waals surface area contributed by atoms with Crippen LogP contribution in [0.15, 0.2) is 41.2 Å². The lowest BCUT2D eigenvalue weighted by atomic mass is 9.91. The summed E-state index contributed by atoms with van der Waals surface area (Å²) in [5.41, 5.74) is 2.16. The Balaban J connectivity index is 1.32. The molecule has 0 aliphatic carbocycles. The third-order valence-corrected chi connectivity index (χ3v) is 6.24. The van der Waals surface area contributed by atoms with E-state index in [0.717, 1.165) is 18.4 Å². The molecule has 1 aliphatic heterocycles. The summed E-state index contributed by atoms with van der Waals surface area (Å²) in [7, 11) is 1.87. The number of likely N-dealkylation sites (tertiary alicyclic amines) is 1. The summed E-state index contributed by atoms with van der Waals surface area (Å²) in [4.78, 5) is 23.4. The molecule has 170 valence electrons. The molecule has 8 nitrogen and oxygen atoms in total. The number of aromatic nitrogens is 4. The van der Waals surface area contributed by atoms with E-state index in [2.05, 4.69) is 41.1 Å². The molecule has 1 amide bonds. The zero-order valence-electron chi connectivity index (χ0n) is 18.9. The van der Waals surface area contributed by atoms with Crippen molar-refractivity contribution in [1.82, 2.24) is 24.6 Å². The fourth-order valence-corrected chi connectivity index (χ4v) is 4.23. The van der Waals surface area contributed by atoms with Crippen LogP contribution in [0.4, 0.5) is 0 Å². The molecule has 4 rings (SSSR count). The molecule has 3 heterocycles. The first-order chi connectivity index (χ1) is 15.4. The Bertz CT molecular complexity index is 1040. The van der Waals surface area contributed by atoms with Crippen molar-refractivity contribution in [1.29, 1.82) is 0 Å². The quantitative estimate of drug-likeness (QED) is 0.608. The summed E-state index contributed by atoms with van der Waals surface area (Å²) in [6.45, 7) is 5.55. The number of nitrogens with zero attached hydrogens (tertiary/aromatic N) is 5. The fraction of sp³-hybridized carbons (Fsp3) is 0.500. The lowest BCUT2D eigenvalue weighted by Gasteiger charge is -2.35. The van der Waals surface area contributed by atoms with Crippen LogP contribution in [-0.4, -0.2) is 48.7 Å². The number of hydrogen-bond acceptors (Lipinski definition) is 6. The Morgan fingerprint density at radius 3 is 2.75 bits per heavy atom. The predicted octanol–water partition coefficient (Wildman–Crippen LogP) is 3.50. The Morgan fingerprint density at radius 2 is 2.06 bits per heavy atom. The Morgan fingerprint density at radius 1 is 1.28 bits per heavy atom. The number of amides is 1. The predicted molar refractivity (Wildman–Crippen MR) is 120 cm³/mol. The first-order valence-electron chi connectivity index (χ1n) is 11.3. The number of imidazole rings is 1. The van der Waals surface area contributed by atoms with Crippen LogP contribution < -0.4 is 0 Å². The van der Waals surface area contributed by atoms with Crippen molar-refractivity contribution in [3.8, 4) is 11.4 Å². The summed E-state index contributed by atoms with van der Waals surface area (Å²) in [6.07, 6.45) is 5.28. The normalized spacial score (nSPS) is 17.7. The van der Waals surface area contributed by atoms with E-state index in [1.54, 1.807) is 6.20 Å². The van der Waals surface area contributed by atoms with Gasteiger partial charge in [-0.25, -0.2) is 4.98 Å². The van der Waals surface area contributed by atoms with E-state index in [-0.39, 0.29) is 11.8 Å². The third kappa shape index (κ3) is 4.91. The van der Waals surface area contributed by atoms with Gasteiger partial charge in [-0.1, -0.05) is 43.3 Å². The zero-order chi connectivity index (χ0) is 22.7. The van der Waals surface area contributed by atoms with Crippen molar-refractivity contribution >= 4 is 5.91 Å². The van der Waals surface area contributed by atoms with Gasteiger partial charge in [-0.05, 0) is 24.3 Å². The van der Waals surface area contributed by atoms with Gasteiger partial charge in [0.2, 0.25) is 17.6 Å². The van der Waals surface area contributed by atoms with Gasteiger partial charge in [0.25, 0.3) is 0 Å². The smallest absolute Gasteiger partial charge is 0.227 e. The van der Waals surface area contributed by atoms with Gasteiger partial charge in [0.05, 0.1) is 0 Å². The molecule has 1 saturated heterocycles. The molecule has 32 heavy (non-hydrogen) atoms. The average molecular weight is 438 g/mol. The summed E-state index contributed by atoms with van der Waals surface area (Å²) < 4.78 is 7.20. The zero-order valence-corrected chi connectivity index (χ0v) is 18.9. The Kier molecular flexibility index (Phi) is 6.69. The molecule has 1 aliphatic rings. The molecule has 1 N–H and O–H groups in total. The van der Waals surface area contributed by atoms with Gasteiger partial charge >= 0.3 is 0 Å². The number of aliphatic hydroxyl groups is 1. The van der Waals surface area contributed by atoms with Crippen LogP contribution in [0.25, 0.3) is 11.4 Å². The Labute approximate surface area is 188 Å². The number of piperidine rings is 1. The molecule has 0 radical (unpaired) electrons. The maximum absolute atomic E-state index is 12.8. The second-order valence-corrected chi connectivity index (χ2v) is 8.87. The first-order valence-corrected chi connectivity index (χ1v) is 11.3. The van der Waals surface area contributed by atoms with Crippen molar-refractivity contribution < 1.29 is 14.4 Å². The largest absolute Gasteiger partial charge is 0.385 e. The van der Waals surface area contributed by atoms with Gasteiger partial charge in [0.1, 0.15) is 11.9 Å². The molecule has 0 bridgehead atoms. The van der Waals surface area contributed by atoms with E-state index < -0.39 is 6.10 Å². The molecule has 2 atom stereocenters. The van der Waals surface area contributed by atoms with Crippen molar-refractivity contribution in [2.75, 3.05) is 13.1 Å². The SMILES string of the molecule is CC(C)c1ccc(-c2noc(CCC(=O)N3CCC[C@@H]([C@H](O)c4nccn4C)C3)n2)cc1. The summed E-state index contributed by atoms with van der Waals surface area (Å²) >= 11 is 0. The van der Waals surface area contributed by atoms with Crippen molar-refractivity contribution in [2.24, 2.45) is 13.0 Å². The number of aliphatic hydroxyl groups excluding tert-OH is 1. The van der Waals surface area contributed by atoms with Gasteiger partial charge in [-0.2, -0.15) is 4.98 Å². The lowest BCUT2D eigenvalue weighted by Crippen LogP contribution is -2.42. The van der Waals surface area contributed by atoms with Crippen molar-refractivity contribution in [2.45, 2.75) is 51.6 Å². The molecule has 1 aromatic carbocycles. The lowest BCUT2D eigenvalue weighted by molar-refractivity contribution is -0.134. The third-order valence-electron chi connectivity index (χ3n) is 6.24. The monoisotopic (exact) mass is 437 g/mol. The van der Waals surface area contributed by atoms with Crippen LogP contribution in [0.3, 0.4) is 0 Å². The number of aryl methyl sites for hydroxylation is 2. The molecule has 0 unspecified atom stereocenters. The molecular formula is C24H31N5O3. The first kappa shape index (κ1) is 22.2. The number of rotatable bonds is 7.